The summed E-state index contributed by atoms with van der Waals surface area (Å²) in [6, 6.07) is 0. The molecule has 2 saturated heterocycles. The van der Waals surface area contributed by atoms with E-state index in [1.165, 1.54) is 6.42 Å². The molecule has 18 heavy (non-hydrogen) atoms. The van der Waals surface area contributed by atoms with Crippen LogP contribution >= 0.6 is 0 Å². The van der Waals surface area contributed by atoms with E-state index in [0.717, 1.165) is 32.4 Å². The molecule has 2 aliphatic rings. The van der Waals surface area contributed by atoms with Gasteiger partial charge in [-0.1, -0.05) is 0 Å². The summed E-state index contributed by atoms with van der Waals surface area (Å²) in [5.74, 6) is 0.623. The quantitative estimate of drug-likeness (QED) is 0.779. The standard InChI is InChI=1S/C14H25NO3/c1-10-7-13(8-11(2)17-10)18-14(16)4-3-12-5-6-15-9-12/h10-13,15H,3-9H2,1-2H3. The molecule has 0 spiro atoms. The second-order valence-electron chi connectivity index (χ2n) is 5.74. The number of esters is 1. The van der Waals surface area contributed by atoms with Gasteiger partial charge in [-0.3, -0.25) is 4.79 Å². The van der Waals surface area contributed by atoms with Crippen LogP contribution in [0, 0.1) is 5.92 Å². The maximum atomic E-state index is 11.8. The van der Waals surface area contributed by atoms with Crippen molar-refractivity contribution in [3.8, 4) is 0 Å². The van der Waals surface area contributed by atoms with E-state index in [4.69, 9.17) is 9.47 Å². The Kier molecular flexibility index (Phi) is 5.01. The van der Waals surface area contributed by atoms with Crippen molar-refractivity contribution in [1.29, 1.82) is 0 Å². The monoisotopic (exact) mass is 255 g/mol. The van der Waals surface area contributed by atoms with Crippen LogP contribution in [0.3, 0.4) is 0 Å². The third kappa shape index (κ3) is 4.25. The Morgan fingerprint density at radius 2 is 2.06 bits per heavy atom. The van der Waals surface area contributed by atoms with Gasteiger partial charge >= 0.3 is 5.97 Å². The van der Waals surface area contributed by atoms with Gasteiger partial charge in [-0.15, -0.1) is 0 Å². The second kappa shape index (κ2) is 6.53. The minimum absolute atomic E-state index is 0.0341. The van der Waals surface area contributed by atoms with E-state index >= 15 is 0 Å². The lowest BCUT2D eigenvalue weighted by molar-refractivity contribution is -0.159. The highest BCUT2D eigenvalue weighted by molar-refractivity contribution is 5.69. The van der Waals surface area contributed by atoms with Gasteiger partial charge < -0.3 is 14.8 Å². The molecular weight excluding hydrogens is 230 g/mol. The van der Waals surface area contributed by atoms with Crippen molar-refractivity contribution >= 4 is 5.97 Å². The van der Waals surface area contributed by atoms with E-state index < -0.39 is 0 Å². The lowest BCUT2D eigenvalue weighted by Crippen LogP contribution is -2.35. The van der Waals surface area contributed by atoms with Crippen LogP contribution < -0.4 is 5.32 Å². The molecule has 3 atom stereocenters. The van der Waals surface area contributed by atoms with Gasteiger partial charge in [0.2, 0.25) is 0 Å². The van der Waals surface area contributed by atoms with E-state index in [-0.39, 0.29) is 24.3 Å². The van der Waals surface area contributed by atoms with Crippen LogP contribution in [-0.2, 0) is 14.3 Å². The molecule has 2 rings (SSSR count). The molecular formula is C14H25NO3. The summed E-state index contributed by atoms with van der Waals surface area (Å²) >= 11 is 0. The molecule has 4 heteroatoms. The highest BCUT2D eigenvalue weighted by atomic mass is 16.6. The topological polar surface area (TPSA) is 47.6 Å². The minimum Gasteiger partial charge on any atom is -0.462 e. The molecule has 0 aromatic rings. The fourth-order valence-corrected chi connectivity index (χ4v) is 2.97. The number of nitrogens with one attached hydrogen (secondary N) is 1. The zero-order valence-electron chi connectivity index (χ0n) is 11.5. The smallest absolute Gasteiger partial charge is 0.306 e. The molecule has 0 saturated carbocycles. The molecule has 104 valence electrons. The van der Waals surface area contributed by atoms with Crippen LogP contribution in [0.5, 0.6) is 0 Å². The first-order valence-electron chi connectivity index (χ1n) is 7.19. The number of rotatable bonds is 4. The number of hydrogen-bond acceptors (Lipinski definition) is 4. The number of hydrogen-bond donors (Lipinski definition) is 1. The Hall–Kier alpha value is -0.610. The van der Waals surface area contributed by atoms with Gasteiger partial charge in [0.1, 0.15) is 6.10 Å². The SMILES string of the molecule is CC1CC(OC(=O)CCC2CCNC2)CC(C)O1. The largest absolute Gasteiger partial charge is 0.462 e. The normalized spacial score (nSPS) is 36.6. The maximum absolute atomic E-state index is 11.8. The van der Waals surface area contributed by atoms with Gasteiger partial charge in [-0.05, 0) is 45.7 Å². The molecule has 0 aromatic carbocycles. The second-order valence-corrected chi connectivity index (χ2v) is 5.74. The number of carbonyl (C=O) groups is 1. The highest BCUT2D eigenvalue weighted by Crippen LogP contribution is 2.22. The molecule has 2 heterocycles. The molecule has 4 nitrogen and oxygen atoms in total. The van der Waals surface area contributed by atoms with E-state index in [1.807, 2.05) is 13.8 Å². The average Bonchev–Trinajstić information content (AvgIpc) is 2.77. The molecule has 0 aromatic heterocycles. The van der Waals surface area contributed by atoms with Crippen molar-refractivity contribution in [2.75, 3.05) is 13.1 Å². The first kappa shape index (κ1) is 13.8. The lowest BCUT2D eigenvalue weighted by atomic mass is 10.0. The zero-order chi connectivity index (χ0) is 13.0. The third-order valence-corrected chi connectivity index (χ3v) is 3.87. The van der Waals surface area contributed by atoms with Gasteiger partial charge in [0.25, 0.3) is 0 Å². The first-order valence-corrected chi connectivity index (χ1v) is 7.19. The van der Waals surface area contributed by atoms with Crippen LogP contribution in [0.2, 0.25) is 0 Å². The van der Waals surface area contributed by atoms with Gasteiger partial charge in [-0.2, -0.15) is 0 Å². The Morgan fingerprint density at radius 1 is 1.33 bits per heavy atom. The van der Waals surface area contributed by atoms with Crippen LogP contribution in [0.25, 0.3) is 0 Å². The van der Waals surface area contributed by atoms with Gasteiger partial charge in [-0.25, -0.2) is 0 Å². The van der Waals surface area contributed by atoms with Crippen LogP contribution in [0.4, 0.5) is 0 Å². The van der Waals surface area contributed by atoms with E-state index in [1.54, 1.807) is 0 Å². The molecule has 2 fully saturated rings. The number of carbonyl (C=O) groups excluding carboxylic acids is 1. The fourth-order valence-electron chi connectivity index (χ4n) is 2.97. The van der Waals surface area contributed by atoms with Crippen LogP contribution in [-0.4, -0.2) is 37.4 Å². The Labute approximate surface area is 109 Å². The summed E-state index contributed by atoms with van der Waals surface area (Å²) in [4.78, 5) is 11.8. The molecule has 0 bridgehead atoms. The van der Waals surface area contributed by atoms with Crippen molar-refractivity contribution in [1.82, 2.24) is 5.32 Å². The first-order chi connectivity index (χ1) is 8.63. The van der Waals surface area contributed by atoms with Crippen molar-refractivity contribution in [3.63, 3.8) is 0 Å². The minimum atomic E-state index is -0.0341. The van der Waals surface area contributed by atoms with Crippen molar-refractivity contribution < 1.29 is 14.3 Å². The summed E-state index contributed by atoms with van der Waals surface area (Å²) in [6.45, 7) is 6.23. The fraction of sp³-hybridized carbons (Fsp3) is 0.929. The third-order valence-electron chi connectivity index (χ3n) is 3.87. The summed E-state index contributed by atoms with van der Waals surface area (Å²) in [5.41, 5.74) is 0. The summed E-state index contributed by atoms with van der Waals surface area (Å²) in [6.07, 6.45) is 4.84. The van der Waals surface area contributed by atoms with Crippen LogP contribution in [0.1, 0.15) is 46.0 Å². The zero-order valence-corrected chi connectivity index (χ0v) is 11.5. The van der Waals surface area contributed by atoms with E-state index in [0.29, 0.717) is 12.3 Å². The Bertz CT molecular complexity index is 266. The van der Waals surface area contributed by atoms with Crippen molar-refractivity contribution in [2.45, 2.75) is 64.3 Å². The summed E-state index contributed by atoms with van der Waals surface area (Å²) in [7, 11) is 0. The van der Waals surface area contributed by atoms with E-state index in [2.05, 4.69) is 5.32 Å². The maximum Gasteiger partial charge on any atom is 0.306 e. The highest BCUT2D eigenvalue weighted by Gasteiger charge is 2.27. The molecule has 1 N–H and O–H groups in total. The molecule has 2 aliphatic heterocycles. The van der Waals surface area contributed by atoms with Crippen LogP contribution in [0.15, 0.2) is 0 Å². The molecule has 0 aliphatic carbocycles. The Morgan fingerprint density at radius 3 is 2.67 bits per heavy atom. The average molecular weight is 255 g/mol. The Balaban J connectivity index is 1.66. The lowest BCUT2D eigenvalue weighted by Gasteiger charge is -2.31. The molecule has 0 radical (unpaired) electrons. The number of ether oxygens (including phenoxy) is 2. The summed E-state index contributed by atoms with van der Waals surface area (Å²) in [5, 5.41) is 3.32. The van der Waals surface area contributed by atoms with Gasteiger partial charge in [0, 0.05) is 19.3 Å². The summed E-state index contributed by atoms with van der Waals surface area (Å²) < 4.78 is 11.2. The van der Waals surface area contributed by atoms with Gasteiger partial charge in [0.15, 0.2) is 0 Å². The molecule has 0 amide bonds. The predicted molar refractivity (Wildman–Crippen MR) is 69.3 cm³/mol. The molecule has 3 unspecified atom stereocenters. The van der Waals surface area contributed by atoms with E-state index in [9.17, 15) is 4.79 Å². The van der Waals surface area contributed by atoms with Gasteiger partial charge in [0.05, 0.1) is 12.2 Å². The predicted octanol–water partition coefficient (Wildman–Crippen LogP) is 1.88. The van der Waals surface area contributed by atoms with Crippen molar-refractivity contribution in [3.05, 3.63) is 0 Å². The van der Waals surface area contributed by atoms with Crippen molar-refractivity contribution in [2.24, 2.45) is 5.92 Å².